The van der Waals surface area contributed by atoms with E-state index in [0.717, 1.165) is 0 Å². The number of hydrogen-bond donors (Lipinski definition) is 1. The summed E-state index contributed by atoms with van der Waals surface area (Å²) in [6, 6.07) is 7.08. The highest BCUT2D eigenvalue weighted by Crippen LogP contribution is 2.34. The number of aromatic nitrogens is 2. The molecular weight excluding hydrogens is 233 g/mol. The first-order valence-electron chi connectivity index (χ1n) is 4.33. The van der Waals surface area contributed by atoms with Crippen molar-refractivity contribution in [1.29, 1.82) is 0 Å². The summed E-state index contributed by atoms with van der Waals surface area (Å²) < 4.78 is 1.58. The predicted molar refractivity (Wildman–Crippen MR) is 63.1 cm³/mol. The van der Waals surface area contributed by atoms with Crippen LogP contribution in [-0.4, -0.2) is 9.78 Å². The third-order valence-corrected chi connectivity index (χ3v) is 2.76. The molecule has 3 nitrogen and oxygen atoms in total. The number of aryl methyl sites for hydroxylation is 1. The van der Waals surface area contributed by atoms with E-state index in [1.54, 1.807) is 36.0 Å². The summed E-state index contributed by atoms with van der Waals surface area (Å²) in [5.74, 6) is 0.570. The van der Waals surface area contributed by atoms with Gasteiger partial charge in [-0.25, -0.2) is 0 Å². The van der Waals surface area contributed by atoms with E-state index in [1.165, 1.54) is 0 Å². The van der Waals surface area contributed by atoms with Gasteiger partial charge in [0.25, 0.3) is 0 Å². The van der Waals surface area contributed by atoms with Crippen molar-refractivity contribution in [3.63, 3.8) is 0 Å². The molecule has 0 spiro atoms. The first-order chi connectivity index (χ1) is 7.09. The summed E-state index contributed by atoms with van der Waals surface area (Å²) in [6.45, 7) is 0. The van der Waals surface area contributed by atoms with Crippen molar-refractivity contribution in [2.45, 2.75) is 0 Å². The zero-order valence-corrected chi connectivity index (χ0v) is 9.55. The van der Waals surface area contributed by atoms with E-state index in [0.29, 0.717) is 27.1 Å². The summed E-state index contributed by atoms with van der Waals surface area (Å²) in [7, 11) is 1.77. The minimum atomic E-state index is 0.570. The van der Waals surface area contributed by atoms with Gasteiger partial charge in [0, 0.05) is 18.7 Å². The first-order valence-corrected chi connectivity index (χ1v) is 5.09. The molecule has 0 saturated carbocycles. The predicted octanol–water partition coefficient (Wildman–Crippen LogP) is 2.98. The van der Waals surface area contributed by atoms with Crippen molar-refractivity contribution in [2.75, 3.05) is 5.73 Å². The Morgan fingerprint density at radius 3 is 2.33 bits per heavy atom. The van der Waals surface area contributed by atoms with Gasteiger partial charge in [-0.05, 0) is 12.1 Å². The Hall–Kier alpha value is -1.19. The molecular formula is C10H9Cl2N3. The molecule has 0 bridgehead atoms. The van der Waals surface area contributed by atoms with Gasteiger partial charge in [-0.1, -0.05) is 29.3 Å². The molecule has 0 fully saturated rings. The molecule has 0 aliphatic rings. The van der Waals surface area contributed by atoms with Gasteiger partial charge in [-0.3, -0.25) is 4.68 Å². The maximum absolute atomic E-state index is 6.05. The highest BCUT2D eigenvalue weighted by molar-refractivity contribution is 6.39. The maximum Gasteiger partial charge on any atom is 0.121 e. The number of nitrogen functional groups attached to an aromatic ring is 1. The molecule has 0 amide bonds. The van der Waals surface area contributed by atoms with Crippen molar-refractivity contribution in [3.8, 4) is 11.3 Å². The van der Waals surface area contributed by atoms with Crippen LogP contribution < -0.4 is 5.73 Å². The number of nitrogens with zero attached hydrogens (tertiary/aromatic N) is 2. The molecule has 15 heavy (non-hydrogen) atoms. The lowest BCUT2D eigenvalue weighted by Gasteiger charge is -2.02. The molecule has 0 aliphatic carbocycles. The van der Waals surface area contributed by atoms with Crippen LogP contribution in [-0.2, 0) is 7.05 Å². The van der Waals surface area contributed by atoms with Crippen LogP contribution in [0.2, 0.25) is 10.0 Å². The maximum atomic E-state index is 6.05. The monoisotopic (exact) mass is 241 g/mol. The van der Waals surface area contributed by atoms with Gasteiger partial charge < -0.3 is 5.73 Å². The lowest BCUT2D eigenvalue weighted by atomic mass is 10.1. The summed E-state index contributed by atoms with van der Waals surface area (Å²) in [5.41, 5.74) is 7.09. The van der Waals surface area contributed by atoms with Gasteiger partial charge in [0.05, 0.1) is 15.7 Å². The van der Waals surface area contributed by atoms with Crippen LogP contribution in [0.4, 0.5) is 5.82 Å². The molecule has 1 aromatic carbocycles. The standard InChI is InChI=1S/C10H9Cl2N3/c1-15-9(13)5-8(14-15)10-6(11)3-2-4-7(10)12/h2-5H,13H2,1H3. The average molecular weight is 242 g/mol. The van der Waals surface area contributed by atoms with E-state index >= 15 is 0 Å². The Morgan fingerprint density at radius 2 is 1.87 bits per heavy atom. The van der Waals surface area contributed by atoms with E-state index < -0.39 is 0 Å². The van der Waals surface area contributed by atoms with Crippen LogP contribution in [0.1, 0.15) is 0 Å². The number of nitrogens with two attached hydrogens (primary N) is 1. The molecule has 78 valence electrons. The quantitative estimate of drug-likeness (QED) is 0.835. The number of hydrogen-bond acceptors (Lipinski definition) is 2. The van der Waals surface area contributed by atoms with Crippen LogP contribution in [0.3, 0.4) is 0 Å². The van der Waals surface area contributed by atoms with Crippen molar-refractivity contribution in [1.82, 2.24) is 9.78 Å². The lowest BCUT2D eigenvalue weighted by Crippen LogP contribution is -1.96. The van der Waals surface area contributed by atoms with Crippen molar-refractivity contribution in [2.24, 2.45) is 7.05 Å². The number of halogens is 2. The fourth-order valence-electron chi connectivity index (χ4n) is 1.35. The Kier molecular flexibility index (Phi) is 2.59. The minimum absolute atomic E-state index is 0.570. The van der Waals surface area contributed by atoms with Crippen LogP contribution >= 0.6 is 23.2 Å². The zero-order chi connectivity index (χ0) is 11.0. The molecule has 0 radical (unpaired) electrons. The second kappa shape index (κ2) is 3.76. The normalized spacial score (nSPS) is 10.6. The van der Waals surface area contributed by atoms with E-state index in [2.05, 4.69) is 5.10 Å². The molecule has 1 heterocycles. The number of anilines is 1. The summed E-state index contributed by atoms with van der Waals surface area (Å²) in [5, 5.41) is 5.36. The topological polar surface area (TPSA) is 43.8 Å². The first kappa shape index (κ1) is 10.3. The van der Waals surface area contributed by atoms with E-state index in [9.17, 15) is 0 Å². The van der Waals surface area contributed by atoms with Crippen LogP contribution in [0, 0.1) is 0 Å². The Balaban J connectivity index is 2.63. The Labute approximate surface area is 97.4 Å². The van der Waals surface area contributed by atoms with Crippen LogP contribution in [0.15, 0.2) is 24.3 Å². The van der Waals surface area contributed by atoms with Crippen molar-refractivity contribution in [3.05, 3.63) is 34.3 Å². The molecule has 0 saturated heterocycles. The number of benzene rings is 1. The third-order valence-electron chi connectivity index (χ3n) is 2.13. The molecule has 2 rings (SSSR count). The third kappa shape index (κ3) is 1.80. The van der Waals surface area contributed by atoms with Gasteiger partial charge in [-0.15, -0.1) is 0 Å². The SMILES string of the molecule is Cn1nc(-c2c(Cl)cccc2Cl)cc1N. The Bertz CT molecular complexity index is 466. The van der Waals surface area contributed by atoms with E-state index in [1.807, 2.05) is 0 Å². The molecule has 5 heteroatoms. The number of rotatable bonds is 1. The molecule has 0 atom stereocenters. The molecule has 1 aromatic heterocycles. The van der Waals surface area contributed by atoms with Gasteiger partial charge >= 0.3 is 0 Å². The zero-order valence-electron chi connectivity index (χ0n) is 8.04. The van der Waals surface area contributed by atoms with E-state index in [4.69, 9.17) is 28.9 Å². The minimum Gasteiger partial charge on any atom is -0.384 e. The molecule has 0 unspecified atom stereocenters. The second-order valence-corrected chi connectivity index (χ2v) is 3.99. The van der Waals surface area contributed by atoms with Gasteiger partial charge in [-0.2, -0.15) is 5.10 Å². The molecule has 2 aromatic rings. The largest absolute Gasteiger partial charge is 0.384 e. The molecule has 2 N–H and O–H groups in total. The highest BCUT2D eigenvalue weighted by atomic mass is 35.5. The highest BCUT2D eigenvalue weighted by Gasteiger charge is 2.12. The second-order valence-electron chi connectivity index (χ2n) is 3.17. The van der Waals surface area contributed by atoms with Gasteiger partial charge in [0.2, 0.25) is 0 Å². The fraction of sp³-hybridized carbons (Fsp3) is 0.100. The molecule has 0 aliphatic heterocycles. The van der Waals surface area contributed by atoms with Crippen molar-refractivity contribution >= 4 is 29.0 Å². The fourth-order valence-corrected chi connectivity index (χ4v) is 1.94. The lowest BCUT2D eigenvalue weighted by molar-refractivity contribution is 0.782. The van der Waals surface area contributed by atoms with Crippen LogP contribution in [0.25, 0.3) is 11.3 Å². The van der Waals surface area contributed by atoms with Gasteiger partial charge in [0.15, 0.2) is 0 Å². The van der Waals surface area contributed by atoms with Crippen LogP contribution in [0.5, 0.6) is 0 Å². The van der Waals surface area contributed by atoms with E-state index in [-0.39, 0.29) is 0 Å². The summed E-state index contributed by atoms with van der Waals surface area (Å²) in [6.07, 6.45) is 0. The average Bonchev–Trinajstić information content (AvgIpc) is 2.46. The Morgan fingerprint density at radius 1 is 1.27 bits per heavy atom. The van der Waals surface area contributed by atoms with Crippen molar-refractivity contribution < 1.29 is 0 Å². The summed E-state index contributed by atoms with van der Waals surface area (Å²) >= 11 is 12.1. The summed E-state index contributed by atoms with van der Waals surface area (Å²) in [4.78, 5) is 0. The smallest absolute Gasteiger partial charge is 0.121 e. The van der Waals surface area contributed by atoms with Gasteiger partial charge in [0.1, 0.15) is 5.82 Å².